The molecule has 1 N–H and O–H groups in total. The fraction of sp³-hybridized carbons (Fsp3) is 0.182. The number of nitrogens with zero attached hydrogens (tertiary/aromatic N) is 1. The molecular formula is C22H18ClFN2O3. The van der Waals surface area contributed by atoms with Gasteiger partial charge in [-0.3, -0.25) is 9.69 Å². The summed E-state index contributed by atoms with van der Waals surface area (Å²) < 4.78 is 18.5. The summed E-state index contributed by atoms with van der Waals surface area (Å²) in [7, 11) is 1.60. The van der Waals surface area contributed by atoms with Crippen LogP contribution in [0.4, 0.5) is 9.18 Å². The molecule has 7 heteroatoms. The molecule has 3 aromatic carbocycles. The number of hydrogen-bond acceptors (Lipinski definition) is 3. The predicted molar refractivity (Wildman–Crippen MR) is 108 cm³/mol. The van der Waals surface area contributed by atoms with Gasteiger partial charge in [0.1, 0.15) is 17.1 Å². The molecular weight excluding hydrogens is 395 g/mol. The maximum atomic E-state index is 13.3. The topological polar surface area (TPSA) is 58.6 Å². The Kier molecular flexibility index (Phi) is 4.67. The first-order chi connectivity index (χ1) is 13.8. The summed E-state index contributed by atoms with van der Waals surface area (Å²) in [5, 5.41) is 4.83. The molecule has 1 fully saturated rings. The van der Waals surface area contributed by atoms with E-state index in [4.69, 9.17) is 16.3 Å². The summed E-state index contributed by atoms with van der Waals surface area (Å²) in [5.41, 5.74) is -0.0508. The number of urea groups is 1. The SMILES string of the molecule is COc1ccc2cc([C@@]3(C)NC(=O)N(Cc4ccc(F)cc4Cl)C3=O)ccc2c1. The normalized spacial score (nSPS) is 19.0. The number of benzene rings is 3. The number of ether oxygens (including phenoxy) is 1. The van der Waals surface area contributed by atoms with Crippen LogP contribution < -0.4 is 10.1 Å². The highest BCUT2D eigenvalue weighted by Gasteiger charge is 2.49. The highest BCUT2D eigenvalue weighted by Crippen LogP contribution is 2.33. The lowest BCUT2D eigenvalue weighted by molar-refractivity contribution is -0.131. The van der Waals surface area contributed by atoms with Gasteiger partial charge in [0.05, 0.1) is 13.7 Å². The number of nitrogens with one attached hydrogen (secondary N) is 1. The third-order valence-electron chi connectivity index (χ3n) is 5.24. The molecule has 1 saturated heterocycles. The lowest BCUT2D eigenvalue weighted by Gasteiger charge is -2.23. The molecule has 0 saturated carbocycles. The highest BCUT2D eigenvalue weighted by molar-refractivity contribution is 6.31. The molecule has 0 radical (unpaired) electrons. The minimum atomic E-state index is -1.21. The lowest BCUT2D eigenvalue weighted by Crippen LogP contribution is -2.40. The summed E-state index contributed by atoms with van der Waals surface area (Å²) in [6, 6.07) is 14.6. The van der Waals surface area contributed by atoms with E-state index in [-0.39, 0.29) is 11.6 Å². The van der Waals surface area contributed by atoms with E-state index < -0.39 is 23.3 Å². The Hall–Kier alpha value is -3.12. The second-order valence-corrected chi connectivity index (χ2v) is 7.52. The van der Waals surface area contributed by atoms with Crippen molar-refractivity contribution in [1.82, 2.24) is 10.2 Å². The van der Waals surface area contributed by atoms with E-state index in [1.165, 1.54) is 12.1 Å². The van der Waals surface area contributed by atoms with E-state index in [1.807, 2.05) is 36.4 Å². The van der Waals surface area contributed by atoms with Crippen LogP contribution in [0.5, 0.6) is 5.75 Å². The molecule has 0 spiro atoms. The molecule has 0 unspecified atom stereocenters. The number of rotatable bonds is 4. The van der Waals surface area contributed by atoms with Crippen LogP contribution in [0.2, 0.25) is 5.02 Å². The summed E-state index contributed by atoms with van der Waals surface area (Å²) in [4.78, 5) is 26.8. The van der Waals surface area contributed by atoms with Gasteiger partial charge in [-0.2, -0.15) is 0 Å². The first kappa shape index (κ1) is 19.2. The van der Waals surface area contributed by atoms with Gasteiger partial charge in [0.25, 0.3) is 5.91 Å². The fourth-order valence-corrected chi connectivity index (χ4v) is 3.75. The first-order valence-electron chi connectivity index (χ1n) is 8.98. The number of hydrogen-bond donors (Lipinski definition) is 1. The maximum absolute atomic E-state index is 13.3. The van der Waals surface area contributed by atoms with Gasteiger partial charge in [0, 0.05) is 5.02 Å². The van der Waals surface area contributed by atoms with Crippen LogP contribution in [-0.4, -0.2) is 23.9 Å². The zero-order chi connectivity index (χ0) is 20.8. The van der Waals surface area contributed by atoms with Crippen molar-refractivity contribution >= 4 is 34.3 Å². The van der Waals surface area contributed by atoms with Crippen molar-refractivity contribution in [2.75, 3.05) is 7.11 Å². The molecule has 5 nitrogen and oxygen atoms in total. The Labute approximate surface area is 172 Å². The molecule has 1 atom stereocenters. The molecule has 0 aromatic heterocycles. The molecule has 3 aromatic rings. The standard InChI is InChI=1S/C22H18ClFN2O3/c1-22(16-6-3-14-10-18(29-2)8-5-13(14)9-16)20(27)26(21(28)25-22)12-15-4-7-17(24)11-19(15)23/h3-11H,12H2,1-2H3,(H,25,28)/t22-/m1/s1. The highest BCUT2D eigenvalue weighted by atomic mass is 35.5. The van der Waals surface area contributed by atoms with Crippen molar-refractivity contribution in [2.24, 2.45) is 0 Å². The van der Waals surface area contributed by atoms with Crippen LogP contribution >= 0.6 is 11.6 Å². The van der Waals surface area contributed by atoms with Gasteiger partial charge < -0.3 is 10.1 Å². The van der Waals surface area contributed by atoms with Gasteiger partial charge in [0.15, 0.2) is 0 Å². The van der Waals surface area contributed by atoms with Crippen LogP contribution in [0.15, 0.2) is 54.6 Å². The molecule has 29 heavy (non-hydrogen) atoms. The van der Waals surface area contributed by atoms with Gasteiger partial charge in [0.2, 0.25) is 0 Å². The number of fused-ring (bicyclic) bond motifs is 1. The van der Waals surface area contributed by atoms with Crippen LogP contribution in [-0.2, 0) is 16.9 Å². The van der Waals surface area contributed by atoms with Crippen molar-refractivity contribution in [2.45, 2.75) is 19.0 Å². The number of amides is 3. The average molecular weight is 413 g/mol. The van der Waals surface area contributed by atoms with E-state index in [9.17, 15) is 14.0 Å². The second kappa shape index (κ2) is 7.04. The quantitative estimate of drug-likeness (QED) is 0.637. The van der Waals surface area contributed by atoms with Crippen molar-refractivity contribution in [1.29, 1.82) is 0 Å². The summed E-state index contributed by atoms with van der Waals surface area (Å²) in [5.74, 6) is -0.131. The minimum absolute atomic E-state index is 0.0375. The van der Waals surface area contributed by atoms with Crippen LogP contribution in [0.1, 0.15) is 18.1 Å². The van der Waals surface area contributed by atoms with E-state index in [1.54, 1.807) is 14.0 Å². The van der Waals surface area contributed by atoms with Crippen molar-refractivity contribution < 1.29 is 18.7 Å². The zero-order valence-electron chi connectivity index (χ0n) is 15.8. The first-order valence-corrected chi connectivity index (χ1v) is 9.36. The molecule has 3 amide bonds. The van der Waals surface area contributed by atoms with E-state index >= 15 is 0 Å². The Morgan fingerprint density at radius 2 is 1.79 bits per heavy atom. The number of imide groups is 1. The Morgan fingerprint density at radius 1 is 1.07 bits per heavy atom. The maximum Gasteiger partial charge on any atom is 0.325 e. The third kappa shape index (κ3) is 3.29. The lowest BCUT2D eigenvalue weighted by atomic mass is 9.90. The predicted octanol–water partition coefficient (Wildman–Crippen LogP) is 4.61. The number of halogens is 2. The molecule has 4 rings (SSSR count). The Balaban J connectivity index is 1.66. The zero-order valence-corrected chi connectivity index (χ0v) is 16.6. The summed E-state index contributed by atoms with van der Waals surface area (Å²) >= 11 is 6.06. The van der Waals surface area contributed by atoms with E-state index in [0.717, 1.165) is 27.5 Å². The van der Waals surface area contributed by atoms with E-state index in [2.05, 4.69) is 5.32 Å². The van der Waals surface area contributed by atoms with Crippen molar-refractivity contribution in [3.63, 3.8) is 0 Å². The minimum Gasteiger partial charge on any atom is -0.497 e. The van der Waals surface area contributed by atoms with Gasteiger partial charge >= 0.3 is 6.03 Å². The smallest absolute Gasteiger partial charge is 0.325 e. The van der Waals surface area contributed by atoms with Crippen LogP contribution in [0.25, 0.3) is 10.8 Å². The molecule has 148 valence electrons. The summed E-state index contributed by atoms with van der Waals surface area (Å²) in [6.07, 6.45) is 0. The summed E-state index contributed by atoms with van der Waals surface area (Å²) in [6.45, 7) is 1.63. The van der Waals surface area contributed by atoms with Crippen molar-refractivity contribution in [3.8, 4) is 5.75 Å². The third-order valence-corrected chi connectivity index (χ3v) is 5.60. The Bertz CT molecular complexity index is 1150. The number of methoxy groups -OCH3 is 1. The molecule has 0 aliphatic carbocycles. The van der Waals surface area contributed by atoms with Crippen LogP contribution in [0.3, 0.4) is 0 Å². The molecule has 0 bridgehead atoms. The second-order valence-electron chi connectivity index (χ2n) is 7.11. The molecule has 1 aliphatic rings. The monoisotopic (exact) mass is 412 g/mol. The van der Waals surface area contributed by atoms with Gasteiger partial charge in [-0.1, -0.05) is 35.9 Å². The Morgan fingerprint density at radius 3 is 2.52 bits per heavy atom. The fourth-order valence-electron chi connectivity index (χ4n) is 3.52. The van der Waals surface area contributed by atoms with Gasteiger partial charge in [-0.25, -0.2) is 9.18 Å². The van der Waals surface area contributed by atoms with Gasteiger partial charge in [-0.05, 0) is 59.2 Å². The van der Waals surface area contributed by atoms with Crippen molar-refractivity contribution in [3.05, 3.63) is 76.6 Å². The molecule has 1 aliphatic heterocycles. The number of carbonyl (C=O) groups excluding carboxylic acids is 2. The average Bonchev–Trinajstić information content (AvgIpc) is 2.93. The largest absolute Gasteiger partial charge is 0.497 e. The van der Waals surface area contributed by atoms with Crippen LogP contribution in [0, 0.1) is 5.82 Å². The van der Waals surface area contributed by atoms with E-state index in [0.29, 0.717) is 11.1 Å². The number of carbonyl (C=O) groups is 2. The molecule has 1 heterocycles. The van der Waals surface area contributed by atoms with Gasteiger partial charge in [-0.15, -0.1) is 0 Å².